The normalized spacial score (nSPS) is 20.7. The van der Waals surface area contributed by atoms with E-state index in [0.29, 0.717) is 5.92 Å². The number of nitrogens with zero attached hydrogens (tertiary/aromatic N) is 1. The maximum Gasteiger partial charge on any atom is 0.125 e. The van der Waals surface area contributed by atoms with Crippen LogP contribution < -0.4 is 5.32 Å². The lowest BCUT2D eigenvalue weighted by molar-refractivity contribution is 0.565. The van der Waals surface area contributed by atoms with Crippen molar-refractivity contribution in [1.82, 2.24) is 15.3 Å². The largest absolute Gasteiger partial charge is 0.342 e. The van der Waals surface area contributed by atoms with Crippen LogP contribution >= 0.6 is 0 Å². The molecule has 0 aliphatic carbocycles. The Kier molecular flexibility index (Phi) is 2.36. The van der Waals surface area contributed by atoms with E-state index in [1.54, 1.807) is 6.07 Å². The maximum atomic E-state index is 13.0. The van der Waals surface area contributed by atoms with Crippen molar-refractivity contribution >= 4 is 11.0 Å². The van der Waals surface area contributed by atoms with Crippen LogP contribution in [-0.2, 0) is 6.42 Å². The Balaban J connectivity index is 1.86. The molecule has 3 nitrogen and oxygen atoms in total. The van der Waals surface area contributed by atoms with E-state index in [9.17, 15) is 4.39 Å². The summed E-state index contributed by atoms with van der Waals surface area (Å²) in [7, 11) is 0. The third kappa shape index (κ3) is 1.80. The number of hydrogen-bond donors (Lipinski definition) is 2. The predicted octanol–water partition coefficient (Wildman–Crippen LogP) is 1.85. The molecule has 0 spiro atoms. The highest BCUT2D eigenvalue weighted by atomic mass is 19.1. The van der Waals surface area contributed by atoms with Crippen LogP contribution in [-0.4, -0.2) is 23.1 Å². The first-order valence-electron chi connectivity index (χ1n) is 5.66. The molecular weight excluding hydrogens is 205 g/mol. The number of nitrogens with one attached hydrogen (secondary N) is 2. The average Bonchev–Trinajstić information content (AvgIpc) is 2.86. The van der Waals surface area contributed by atoms with Crippen molar-refractivity contribution in [3.63, 3.8) is 0 Å². The lowest BCUT2D eigenvalue weighted by Crippen LogP contribution is -2.11. The number of halogens is 1. The minimum atomic E-state index is -0.217. The summed E-state index contributed by atoms with van der Waals surface area (Å²) in [6.45, 7) is 2.16. The second-order valence-corrected chi connectivity index (χ2v) is 4.41. The molecule has 2 aromatic rings. The van der Waals surface area contributed by atoms with Gasteiger partial charge >= 0.3 is 0 Å². The highest BCUT2D eigenvalue weighted by Gasteiger charge is 2.16. The number of hydrogen-bond acceptors (Lipinski definition) is 2. The number of fused-ring (bicyclic) bond motifs is 1. The molecule has 84 valence electrons. The van der Waals surface area contributed by atoms with E-state index in [1.807, 2.05) is 0 Å². The molecular formula is C12H14FN3. The van der Waals surface area contributed by atoms with Gasteiger partial charge in [-0.15, -0.1) is 0 Å². The Bertz CT molecular complexity index is 500. The van der Waals surface area contributed by atoms with Gasteiger partial charge in [0.1, 0.15) is 11.6 Å². The van der Waals surface area contributed by atoms with Crippen molar-refractivity contribution in [2.24, 2.45) is 5.92 Å². The number of aromatic amines is 1. The van der Waals surface area contributed by atoms with Gasteiger partial charge in [0.25, 0.3) is 0 Å². The zero-order valence-electron chi connectivity index (χ0n) is 8.96. The van der Waals surface area contributed by atoms with Crippen molar-refractivity contribution in [1.29, 1.82) is 0 Å². The lowest BCUT2D eigenvalue weighted by Gasteiger charge is -2.03. The molecule has 1 aliphatic heterocycles. The molecule has 0 bridgehead atoms. The molecule has 1 aromatic heterocycles. The zero-order chi connectivity index (χ0) is 11.0. The molecule has 2 heterocycles. The van der Waals surface area contributed by atoms with Crippen LogP contribution in [0, 0.1) is 11.7 Å². The standard InChI is InChI=1S/C12H14FN3/c13-9-1-2-10-11(6-9)16-12(15-10)5-8-3-4-14-7-8/h1-2,6,8,14H,3-5,7H2,(H,15,16). The molecule has 1 atom stereocenters. The van der Waals surface area contributed by atoms with Gasteiger partial charge in [-0.3, -0.25) is 0 Å². The summed E-state index contributed by atoms with van der Waals surface area (Å²) in [6.07, 6.45) is 2.15. The second-order valence-electron chi connectivity index (χ2n) is 4.41. The number of benzene rings is 1. The summed E-state index contributed by atoms with van der Waals surface area (Å²) < 4.78 is 13.0. The summed E-state index contributed by atoms with van der Waals surface area (Å²) in [5.74, 6) is 1.41. The van der Waals surface area contributed by atoms with Crippen LogP contribution in [0.15, 0.2) is 18.2 Å². The van der Waals surface area contributed by atoms with Gasteiger partial charge in [0.2, 0.25) is 0 Å². The molecule has 0 radical (unpaired) electrons. The number of imidazole rings is 1. The van der Waals surface area contributed by atoms with Gasteiger partial charge < -0.3 is 10.3 Å². The molecule has 1 aliphatic rings. The highest BCUT2D eigenvalue weighted by molar-refractivity contribution is 5.74. The van der Waals surface area contributed by atoms with E-state index in [-0.39, 0.29) is 5.82 Å². The van der Waals surface area contributed by atoms with Crippen LogP contribution in [0.2, 0.25) is 0 Å². The van der Waals surface area contributed by atoms with Gasteiger partial charge in [-0.25, -0.2) is 9.37 Å². The summed E-state index contributed by atoms with van der Waals surface area (Å²) >= 11 is 0. The van der Waals surface area contributed by atoms with Gasteiger partial charge in [0.15, 0.2) is 0 Å². The Morgan fingerprint density at radius 2 is 2.38 bits per heavy atom. The second kappa shape index (κ2) is 3.87. The predicted molar refractivity (Wildman–Crippen MR) is 60.7 cm³/mol. The van der Waals surface area contributed by atoms with Gasteiger partial charge in [-0.05, 0) is 43.6 Å². The first kappa shape index (κ1) is 9.78. The lowest BCUT2D eigenvalue weighted by atomic mass is 10.1. The molecule has 0 amide bonds. The molecule has 3 rings (SSSR count). The van der Waals surface area contributed by atoms with Crippen LogP contribution in [0.4, 0.5) is 4.39 Å². The average molecular weight is 219 g/mol. The molecule has 1 fully saturated rings. The molecule has 0 saturated carbocycles. The van der Waals surface area contributed by atoms with Crippen molar-refractivity contribution in [3.05, 3.63) is 29.8 Å². The van der Waals surface area contributed by atoms with Gasteiger partial charge in [0, 0.05) is 6.42 Å². The minimum absolute atomic E-state index is 0.217. The number of rotatable bonds is 2. The monoisotopic (exact) mass is 219 g/mol. The Hall–Kier alpha value is -1.42. The van der Waals surface area contributed by atoms with Crippen LogP contribution in [0.5, 0.6) is 0 Å². The SMILES string of the molecule is Fc1ccc2nc(CC3CCNC3)[nH]c2c1. The quantitative estimate of drug-likeness (QED) is 0.809. The number of H-pyrrole nitrogens is 1. The van der Waals surface area contributed by atoms with Gasteiger partial charge in [-0.2, -0.15) is 0 Å². The molecule has 1 unspecified atom stereocenters. The van der Waals surface area contributed by atoms with Crippen molar-refractivity contribution in [2.45, 2.75) is 12.8 Å². The zero-order valence-corrected chi connectivity index (χ0v) is 8.96. The van der Waals surface area contributed by atoms with E-state index in [2.05, 4.69) is 15.3 Å². The highest BCUT2D eigenvalue weighted by Crippen LogP contribution is 2.17. The van der Waals surface area contributed by atoms with E-state index in [1.165, 1.54) is 18.6 Å². The smallest absolute Gasteiger partial charge is 0.125 e. The summed E-state index contributed by atoms with van der Waals surface area (Å²) in [5.41, 5.74) is 1.64. The van der Waals surface area contributed by atoms with Crippen molar-refractivity contribution in [3.8, 4) is 0 Å². The fourth-order valence-corrected chi connectivity index (χ4v) is 2.29. The minimum Gasteiger partial charge on any atom is -0.342 e. The van der Waals surface area contributed by atoms with Crippen molar-refractivity contribution < 1.29 is 4.39 Å². The van der Waals surface area contributed by atoms with Gasteiger partial charge in [-0.1, -0.05) is 0 Å². The van der Waals surface area contributed by atoms with E-state index in [4.69, 9.17) is 0 Å². The van der Waals surface area contributed by atoms with E-state index < -0.39 is 0 Å². The van der Waals surface area contributed by atoms with Crippen LogP contribution in [0.25, 0.3) is 11.0 Å². The van der Waals surface area contributed by atoms with Crippen LogP contribution in [0.1, 0.15) is 12.2 Å². The first-order valence-corrected chi connectivity index (χ1v) is 5.66. The molecule has 1 saturated heterocycles. The summed E-state index contributed by atoms with van der Waals surface area (Å²) in [6, 6.07) is 4.67. The molecule has 16 heavy (non-hydrogen) atoms. The van der Waals surface area contributed by atoms with Gasteiger partial charge in [0.05, 0.1) is 11.0 Å². The fourth-order valence-electron chi connectivity index (χ4n) is 2.29. The van der Waals surface area contributed by atoms with E-state index >= 15 is 0 Å². The Morgan fingerprint density at radius 1 is 1.44 bits per heavy atom. The Labute approximate surface area is 93.1 Å². The molecule has 1 aromatic carbocycles. The summed E-state index contributed by atoms with van der Waals surface area (Å²) in [5, 5.41) is 3.33. The molecule has 4 heteroatoms. The molecule has 2 N–H and O–H groups in total. The topological polar surface area (TPSA) is 40.7 Å². The Morgan fingerprint density at radius 3 is 3.19 bits per heavy atom. The summed E-state index contributed by atoms with van der Waals surface area (Å²) in [4.78, 5) is 7.65. The van der Waals surface area contributed by atoms with E-state index in [0.717, 1.165) is 36.4 Å². The van der Waals surface area contributed by atoms with Crippen molar-refractivity contribution in [2.75, 3.05) is 13.1 Å². The number of aromatic nitrogens is 2. The maximum absolute atomic E-state index is 13.0. The fraction of sp³-hybridized carbons (Fsp3) is 0.417. The first-order chi connectivity index (χ1) is 7.81. The van der Waals surface area contributed by atoms with Crippen LogP contribution in [0.3, 0.4) is 0 Å². The third-order valence-electron chi connectivity index (χ3n) is 3.14. The third-order valence-corrected chi connectivity index (χ3v) is 3.14.